The van der Waals surface area contributed by atoms with Gasteiger partial charge in [-0.3, -0.25) is 14.4 Å². The van der Waals surface area contributed by atoms with Crippen molar-refractivity contribution in [2.45, 2.75) is 44.7 Å². The molecule has 29 heavy (non-hydrogen) atoms. The minimum absolute atomic E-state index is 0.00291. The third kappa shape index (κ3) is 3.44. The van der Waals surface area contributed by atoms with Crippen LogP contribution in [0.4, 0.5) is 5.69 Å². The summed E-state index contributed by atoms with van der Waals surface area (Å²) in [6.07, 6.45) is 1.69. The Hall–Kier alpha value is -2.67. The number of amides is 2. The molecule has 1 aliphatic heterocycles. The van der Waals surface area contributed by atoms with Gasteiger partial charge in [-0.05, 0) is 42.8 Å². The van der Waals surface area contributed by atoms with Crippen LogP contribution < -0.4 is 4.90 Å². The van der Waals surface area contributed by atoms with Gasteiger partial charge in [-0.25, -0.2) is 0 Å². The zero-order chi connectivity index (χ0) is 20.5. The number of para-hydroxylation sites is 1. The predicted octanol–water partition coefficient (Wildman–Crippen LogP) is 3.94. The molecule has 2 heterocycles. The molecule has 2 aliphatic rings. The molecule has 7 heteroatoms. The lowest BCUT2D eigenvalue weighted by Crippen LogP contribution is -2.58. The summed E-state index contributed by atoms with van der Waals surface area (Å²) in [7, 11) is 0. The Morgan fingerprint density at radius 2 is 1.93 bits per heavy atom. The number of hydrogen-bond donors (Lipinski definition) is 1. The molecule has 0 spiro atoms. The van der Waals surface area contributed by atoms with Crippen molar-refractivity contribution in [3.63, 3.8) is 0 Å². The Kier molecular flexibility index (Phi) is 5.41. The number of benzene rings is 1. The highest BCUT2D eigenvalue weighted by atomic mass is 32.1. The lowest BCUT2D eigenvalue weighted by atomic mass is 9.68. The number of thiophene rings is 1. The van der Waals surface area contributed by atoms with E-state index in [4.69, 9.17) is 5.11 Å². The normalized spacial score (nSPS) is 22.2. The lowest BCUT2D eigenvalue weighted by Gasteiger charge is -2.55. The van der Waals surface area contributed by atoms with E-state index >= 15 is 0 Å². The van der Waals surface area contributed by atoms with Crippen molar-refractivity contribution in [2.75, 3.05) is 11.4 Å². The first kappa shape index (κ1) is 19.6. The summed E-state index contributed by atoms with van der Waals surface area (Å²) in [5.74, 6) is -0.922. The molecule has 1 aromatic carbocycles. The topological polar surface area (TPSA) is 77.9 Å². The molecule has 0 bridgehead atoms. The number of hydrogen-bond acceptors (Lipinski definition) is 4. The number of nitrogens with zero attached hydrogens (tertiary/aromatic N) is 2. The van der Waals surface area contributed by atoms with Crippen LogP contribution in [-0.4, -0.2) is 40.4 Å². The van der Waals surface area contributed by atoms with Gasteiger partial charge >= 0.3 is 5.97 Å². The summed E-state index contributed by atoms with van der Waals surface area (Å²) < 4.78 is 0. The molecule has 1 saturated carbocycles. The third-order valence-corrected chi connectivity index (χ3v) is 6.90. The zero-order valence-electron chi connectivity index (χ0n) is 16.3. The van der Waals surface area contributed by atoms with Gasteiger partial charge in [-0.15, -0.1) is 11.3 Å². The number of fused-ring (bicyclic) bond motifs is 2. The number of carboxylic acids is 1. The molecule has 1 aromatic heterocycles. The minimum atomic E-state index is -0.965. The smallest absolute Gasteiger partial charge is 0.303 e. The van der Waals surface area contributed by atoms with E-state index in [0.29, 0.717) is 11.4 Å². The van der Waals surface area contributed by atoms with Crippen LogP contribution in [0.25, 0.3) is 0 Å². The maximum atomic E-state index is 13.3. The predicted molar refractivity (Wildman–Crippen MR) is 111 cm³/mol. The summed E-state index contributed by atoms with van der Waals surface area (Å²) in [6.45, 7) is 2.44. The zero-order valence-corrected chi connectivity index (χ0v) is 17.1. The van der Waals surface area contributed by atoms with Gasteiger partial charge in [0.05, 0.1) is 17.3 Å². The summed E-state index contributed by atoms with van der Waals surface area (Å²) >= 11 is 1.44. The number of carbonyl (C=O) groups excluding carboxylic acids is 2. The highest BCUT2D eigenvalue weighted by Crippen LogP contribution is 2.52. The molecule has 2 amide bonds. The van der Waals surface area contributed by atoms with Crippen molar-refractivity contribution in [1.82, 2.24) is 4.90 Å². The van der Waals surface area contributed by atoms with Crippen molar-refractivity contribution in [3.8, 4) is 0 Å². The molecular formula is C22H24N2O4S. The van der Waals surface area contributed by atoms with E-state index in [9.17, 15) is 14.4 Å². The summed E-state index contributed by atoms with van der Waals surface area (Å²) in [5.41, 5.74) is 1.84. The van der Waals surface area contributed by atoms with Crippen LogP contribution in [0, 0.1) is 5.92 Å². The monoisotopic (exact) mass is 412 g/mol. The summed E-state index contributed by atoms with van der Waals surface area (Å²) in [4.78, 5) is 41.5. The molecule has 4 rings (SSSR count). The van der Waals surface area contributed by atoms with Crippen LogP contribution in [0.3, 0.4) is 0 Å². The first-order valence-electron chi connectivity index (χ1n) is 10.00. The van der Waals surface area contributed by atoms with Crippen molar-refractivity contribution in [3.05, 3.63) is 52.2 Å². The Labute approximate surface area is 173 Å². The van der Waals surface area contributed by atoms with Gasteiger partial charge in [0.15, 0.2) is 0 Å². The van der Waals surface area contributed by atoms with Crippen molar-refractivity contribution >= 4 is 34.8 Å². The molecule has 6 nitrogen and oxygen atoms in total. The standard InChI is InChI=1S/C22H24N2O4S/c1-2-23(19(25)11-12-20(26)27)21-14-6-3-4-7-16(14)24(17-10-9-15(17)21)22(28)18-8-5-13-29-18/h3-8,13,15,17,21H,2,9-12H2,1H3,(H,26,27). The maximum Gasteiger partial charge on any atom is 0.303 e. The first-order chi connectivity index (χ1) is 14.0. The average Bonchev–Trinajstić information content (AvgIpc) is 3.23. The Balaban J connectivity index is 1.71. The Bertz CT molecular complexity index is 927. The van der Waals surface area contributed by atoms with Gasteiger partial charge in [0.1, 0.15) is 0 Å². The summed E-state index contributed by atoms with van der Waals surface area (Å²) in [5, 5.41) is 10.9. The average molecular weight is 413 g/mol. The number of anilines is 1. The van der Waals surface area contributed by atoms with Gasteiger partial charge in [-0.2, -0.15) is 0 Å². The van der Waals surface area contributed by atoms with E-state index in [2.05, 4.69) is 0 Å². The molecule has 1 N–H and O–H groups in total. The molecule has 1 aliphatic carbocycles. The van der Waals surface area contributed by atoms with Crippen molar-refractivity contribution in [2.24, 2.45) is 5.92 Å². The minimum Gasteiger partial charge on any atom is -0.481 e. The molecule has 0 saturated heterocycles. The molecule has 3 unspecified atom stereocenters. The Morgan fingerprint density at radius 1 is 1.14 bits per heavy atom. The van der Waals surface area contributed by atoms with Crippen LogP contribution in [-0.2, 0) is 9.59 Å². The highest BCUT2D eigenvalue weighted by Gasteiger charge is 2.51. The molecule has 1 fully saturated rings. The van der Waals surface area contributed by atoms with Gasteiger partial charge in [0.25, 0.3) is 5.91 Å². The van der Waals surface area contributed by atoms with Crippen molar-refractivity contribution in [1.29, 1.82) is 0 Å². The van der Waals surface area contributed by atoms with Crippen LogP contribution >= 0.6 is 11.3 Å². The second kappa shape index (κ2) is 7.99. The quantitative estimate of drug-likeness (QED) is 0.780. The molecular weight excluding hydrogens is 388 g/mol. The van der Waals surface area contributed by atoms with E-state index in [1.165, 1.54) is 11.3 Å². The van der Waals surface area contributed by atoms with Gasteiger partial charge < -0.3 is 14.9 Å². The van der Waals surface area contributed by atoms with E-state index in [1.54, 1.807) is 0 Å². The highest BCUT2D eigenvalue weighted by molar-refractivity contribution is 7.12. The van der Waals surface area contributed by atoms with Crippen LogP contribution in [0.2, 0.25) is 0 Å². The number of carboxylic acid groups (broad SMARTS) is 1. The van der Waals surface area contributed by atoms with Crippen LogP contribution in [0.1, 0.15) is 53.9 Å². The van der Waals surface area contributed by atoms with Gasteiger partial charge in [-0.1, -0.05) is 24.3 Å². The summed E-state index contributed by atoms with van der Waals surface area (Å²) in [6, 6.07) is 11.5. The van der Waals surface area contributed by atoms with Crippen LogP contribution in [0.15, 0.2) is 41.8 Å². The number of aliphatic carboxylic acids is 1. The maximum absolute atomic E-state index is 13.3. The molecule has 3 atom stereocenters. The van der Waals surface area contributed by atoms with Crippen LogP contribution in [0.5, 0.6) is 0 Å². The fourth-order valence-electron chi connectivity index (χ4n) is 4.63. The SMILES string of the molecule is CCN(C(=O)CCC(=O)O)C1c2ccccc2N(C(=O)c2cccs2)C2CCC12. The van der Waals surface area contributed by atoms with E-state index in [0.717, 1.165) is 24.1 Å². The van der Waals surface area contributed by atoms with Crippen molar-refractivity contribution < 1.29 is 19.5 Å². The molecule has 0 radical (unpaired) electrons. The van der Waals surface area contributed by atoms with E-state index in [1.807, 2.05) is 58.5 Å². The third-order valence-electron chi connectivity index (χ3n) is 6.04. The fourth-order valence-corrected chi connectivity index (χ4v) is 5.29. The second-order valence-corrected chi connectivity index (χ2v) is 8.49. The lowest BCUT2D eigenvalue weighted by molar-refractivity contribution is -0.142. The largest absolute Gasteiger partial charge is 0.481 e. The Morgan fingerprint density at radius 3 is 2.55 bits per heavy atom. The fraction of sp³-hybridized carbons (Fsp3) is 0.409. The number of rotatable bonds is 6. The van der Waals surface area contributed by atoms with Gasteiger partial charge in [0.2, 0.25) is 5.91 Å². The second-order valence-electron chi connectivity index (χ2n) is 7.54. The molecule has 152 valence electrons. The number of carbonyl (C=O) groups is 3. The van der Waals surface area contributed by atoms with Gasteiger partial charge in [0, 0.05) is 30.6 Å². The van der Waals surface area contributed by atoms with E-state index in [-0.39, 0.29) is 42.7 Å². The molecule has 2 aromatic rings. The van der Waals surface area contributed by atoms with E-state index < -0.39 is 5.97 Å². The first-order valence-corrected chi connectivity index (χ1v) is 10.9.